The summed E-state index contributed by atoms with van der Waals surface area (Å²) in [4.78, 5) is 18.6. The van der Waals surface area contributed by atoms with E-state index in [-0.39, 0.29) is 5.56 Å². The minimum Gasteiger partial charge on any atom is -0.478 e. The number of carbonyl (C=O) groups is 1. The number of rotatable bonds is 1. The molecule has 84 valence electrons. The van der Waals surface area contributed by atoms with E-state index in [9.17, 15) is 9.90 Å². The summed E-state index contributed by atoms with van der Waals surface area (Å²) in [6.45, 7) is 0. The zero-order valence-electron chi connectivity index (χ0n) is 8.43. The smallest absolute Gasteiger partial charge is 0.337 e. The van der Waals surface area contributed by atoms with Crippen molar-refractivity contribution in [3.05, 3.63) is 33.8 Å². The van der Waals surface area contributed by atoms with Crippen LogP contribution in [0.3, 0.4) is 0 Å². The number of aromatic nitrogens is 2. The van der Waals surface area contributed by atoms with Crippen molar-refractivity contribution >= 4 is 50.8 Å². The second-order valence-corrected chi connectivity index (χ2v) is 5.19. The van der Waals surface area contributed by atoms with Crippen molar-refractivity contribution in [1.82, 2.24) is 9.97 Å². The van der Waals surface area contributed by atoms with Crippen molar-refractivity contribution in [2.24, 2.45) is 0 Å². The van der Waals surface area contributed by atoms with Crippen LogP contribution >= 0.6 is 23.6 Å². The fourth-order valence-corrected chi connectivity index (χ4v) is 2.98. The molecule has 0 saturated heterocycles. The highest BCUT2D eigenvalue weighted by Crippen LogP contribution is 2.28. The van der Waals surface area contributed by atoms with Crippen LogP contribution in [0.15, 0.2) is 24.3 Å². The summed E-state index contributed by atoms with van der Waals surface area (Å²) < 4.78 is 1.13. The molecule has 1 aromatic carbocycles. The number of nitrogens with zero attached hydrogens (tertiary/aromatic N) is 1. The van der Waals surface area contributed by atoms with E-state index in [0.717, 1.165) is 0 Å². The monoisotopic (exact) mass is 262 g/mol. The number of hydrogen-bond acceptors (Lipinski definition) is 4. The van der Waals surface area contributed by atoms with Crippen LogP contribution in [0.4, 0.5) is 0 Å². The topological polar surface area (TPSA) is 66.0 Å². The summed E-state index contributed by atoms with van der Waals surface area (Å²) in [5, 5.41) is 9.96. The van der Waals surface area contributed by atoms with Crippen LogP contribution in [0.1, 0.15) is 10.4 Å². The Hall–Kier alpha value is -1.79. The van der Waals surface area contributed by atoms with Crippen LogP contribution in [0, 0.1) is 3.95 Å². The molecule has 0 atom stereocenters. The molecule has 3 aromatic rings. The van der Waals surface area contributed by atoms with Gasteiger partial charge < -0.3 is 10.1 Å². The molecule has 0 radical (unpaired) electrons. The number of thiazole rings is 1. The second kappa shape index (κ2) is 3.61. The van der Waals surface area contributed by atoms with Crippen LogP contribution in [-0.4, -0.2) is 21.0 Å². The quantitative estimate of drug-likeness (QED) is 0.661. The SMILES string of the molecule is O=C(O)c1c2ccccc2nc2[nH]c(=S)sc12. The van der Waals surface area contributed by atoms with Crippen molar-refractivity contribution in [2.75, 3.05) is 0 Å². The number of aromatic carboxylic acids is 1. The van der Waals surface area contributed by atoms with E-state index in [4.69, 9.17) is 12.2 Å². The van der Waals surface area contributed by atoms with E-state index in [0.29, 0.717) is 25.2 Å². The Morgan fingerprint density at radius 1 is 1.41 bits per heavy atom. The van der Waals surface area contributed by atoms with E-state index in [2.05, 4.69) is 9.97 Å². The zero-order chi connectivity index (χ0) is 12.0. The molecule has 2 heterocycles. The average molecular weight is 262 g/mol. The highest BCUT2D eigenvalue weighted by atomic mass is 32.1. The fourth-order valence-electron chi connectivity index (χ4n) is 1.81. The highest BCUT2D eigenvalue weighted by molar-refractivity contribution is 7.73. The molecule has 0 aliphatic heterocycles. The normalized spacial score (nSPS) is 11.1. The van der Waals surface area contributed by atoms with Crippen molar-refractivity contribution in [2.45, 2.75) is 0 Å². The van der Waals surface area contributed by atoms with Gasteiger partial charge in [-0.25, -0.2) is 9.78 Å². The van der Waals surface area contributed by atoms with Crippen LogP contribution in [0.2, 0.25) is 0 Å². The maximum atomic E-state index is 11.4. The van der Waals surface area contributed by atoms with Gasteiger partial charge in [0.05, 0.1) is 15.8 Å². The van der Waals surface area contributed by atoms with Gasteiger partial charge in [-0.15, -0.1) is 11.3 Å². The van der Waals surface area contributed by atoms with Crippen molar-refractivity contribution in [1.29, 1.82) is 0 Å². The third-order valence-corrected chi connectivity index (χ3v) is 3.72. The van der Waals surface area contributed by atoms with E-state index >= 15 is 0 Å². The molecule has 0 spiro atoms. The van der Waals surface area contributed by atoms with Crippen LogP contribution in [0.25, 0.3) is 21.3 Å². The lowest BCUT2D eigenvalue weighted by atomic mass is 10.1. The minimum absolute atomic E-state index is 0.267. The first-order chi connectivity index (χ1) is 8.16. The minimum atomic E-state index is -0.959. The molecule has 0 fully saturated rings. The van der Waals surface area contributed by atoms with E-state index in [1.165, 1.54) is 11.3 Å². The number of hydrogen-bond donors (Lipinski definition) is 2. The van der Waals surface area contributed by atoms with E-state index in [1.807, 2.05) is 6.07 Å². The number of carboxylic acids is 1. The molecule has 4 nitrogen and oxygen atoms in total. The van der Waals surface area contributed by atoms with Gasteiger partial charge in [0.25, 0.3) is 0 Å². The number of nitrogens with one attached hydrogen (secondary N) is 1. The van der Waals surface area contributed by atoms with Gasteiger partial charge >= 0.3 is 5.97 Å². The van der Waals surface area contributed by atoms with Gasteiger partial charge in [0.1, 0.15) is 0 Å². The average Bonchev–Trinajstić information content (AvgIpc) is 2.64. The Labute approximate surface area is 105 Å². The highest BCUT2D eigenvalue weighted by Gasteiger charge is 2.16. The summed E-state index contributed by atoms with van der Waals surface area (Å²) >= 11 is 6.27. The Balaban J connectivity index is 2.64. The zero-order valence-corrected chi connectivity index (χ0v) is 10.1. The molecule has 2 N–H and O–H groups in total. The van der Waals surface area contributed by atoms with Gasteiger partial charge in [-0.05, 0) is 18.3 Å². The summed E-state index contributed by atoms with van der Waals surface area (Å²) in [7, 11) is 0. The first-order valence-electron chi connectivity index (χ1n) is 4.81. The number of aromatic amines is 1. The molecule has 3 rings (SSSR count). The molecule has 17 heavy (non-hydrogen) atoms. The lowest BCUT2D eigenvalue weighted by molar-refractivity contribution is 0.0701. The third-order valence-electron chi connectivity index (χ3n) is 2.48. The van der Waals surface area contributed by atoms with Crippen molar-refractivity contribution in [3.8, 4) is 0 Å². The predicted octanol–water partition coefficient (Wildman–Crippen LogP) is 3.21. The summed E-state index contributed by atoms with van der Waals surface area (Å²) in [5.41, 5.74) is 1.46. The molecule has 0 saturated carbocycles. The van der Waals surface area contributed by atoms with Gasteiger partial charge in [0.15, 0.2) is 9.60 Å². The Kier molecular flexibility index (Phi) is 2.20. The predicted molar refractivity (Wildman–Crippen MR) is 69.3 cm³/mol. The first kappa shape index (κ1) is 10.4. The lowest BCUT2D eigenvalue weighted by Gasteiger charge is -2.02. The summed E-state index contributed by atoms with van der Waals surface area (Å²) in [5.74, 6) is -0.959. The van der Waals surface area contributed by atoms with Gasteiger partial charge in [0, 0.05) is 5.39 Å². The first-order valence-corrected chi connectivity index (χ1v) is 6.04. The standard InChI is InChI=1S/C11H6N2O2S2/c14-10(15)7-5-3-1-2-4-6(5)12-9-8(7)17-11(16)13-9/h1-4H,(H,14,15)(H,12,13,16). The molecular weight excluding hydrogens is 256 g/mol. The van der Waals surface area contributed by atoms with Crippen LogP contribution in [-0.2, 0) is 0 Å². The maximum absolute atomic E-state index is 11.4. The van der Waals surface area contributed by atoms with Crippen molar-refractivity contribution < 1.29 is 9.90 Å². The molecule has 0 bridgehead atoms. The molecule has 0 aliphatic rings. The van der Waals surface area contributed by atoms with E-state index in [1.54, 1.807) is 18.2 Å². The lowest BCUT2D eigenvalue weighted by Crippen LogP contribution is -1.99. The molecular formula is C11H6N2O2S2. The van der Waals surface area contributed by atoms with E-state index < -0.39 is 5.97 Å². The number of fused-ring (bicyclic) bond motifs is 2. The number of benzene rings is 1. The summed E-state index contributed by atoms with van der Waals surface area (Å²) in [6, 6.07) is 7.17. The molecule has 0 aliphatic carbocycles. The third kappa shape index (κ3) is 1.53. The Morgan fingerprint density at radius 2 is 2.18 bits per heavy atom. The number of para-hydroxylation sites is 1. The molecule has 2 aromatic heterocycles. The van der Waals surface area contributed by atoms with Crippen LogP contribution in [0.5, 0.6) is 0 Å². The van der Waals surface area contributed by atoms with Crippen molar-refractivity contribution in [3.63, 3.8) is 0 Å². The van der Waals surface area contributed by atoms with Crippen LogP contribution < -0.4 is 0 Å². The van der Waals surface area contributed by atoms with Gasteiger partial charge in [-0.3, -0.25) is 0 Å². The maximum Gasteiger partial charge on any atom is 0.337 e. The Morgan fingerprint density at radius 3 is 2.94 bits per heavy atom. The van der Waals surface area contributed by atoms with Gasteiger partial charge in [-0.1, -0.05) is 18.2 Å². The molecule has 0 unspecified atom stereocenters. The molecule has 0 amide bonds. The number of carboxylic acid groups (broad SMARTS) is 1. The largest absolute Gasteiger partial charge is 0.478 e. The van der Waals surface area contributed by atoms with Gasteiger partial charge in [-0.2, -0.15) is 0 Å². The fraction of sp³-hybridized carbons (Fsp3) is 0. The number of H-pyrrole nitrogens is 1. The molecule has 6 heteroatoms. The summed E-state index contributed by atoms with van der Waals surface area (Å²) in [6.07, 6.45) is 0. The van der Waals surface area contributed by atoms with Gasteiger partial charge in [0.2, 0.25) is 0 Å². The Bertz CT molecular complexity index is 804. The second-order valence-electron chi connectivity index (χ2n) is 3.50. The number of pyridine rings is 1.